The highest BCUT2D eigenvalue weighted by molar-refractivity contribution is 7.80. The Balaban J connectivity index is 1.37. The van der Waals surface area contributed by atoms with Crippen molar-refractivity contribution in [2.45, 2.75) is 51.4 Å². The van der Waals surface area contributed by atoms with Gasteiger partial charge in [-0.1, -0.05) is 12.1 Å². The lowest BCUT2D eigenvalue weighted by Crippen LogP contribution is -2.44. The molecule has 2 aliphatic heterocycles. The number of nitriles is 1. The standard InChI is InChI=1S/C27H29F3N4O2S/c1-26(2)24(35)34(21-9-8-20(17-31)23(16-21)27(28,29)30)25(37)33(26)14-5-15-36-22-10-6-19(7-11-22)18-32-12-3-4-13-32/h6-11,16H,3-5,12-15,18H2,1-2H3. The van der Waals surface area contributed by atoms with E-state index in [-0.39, 0.29) is 10.8 Å². The van der Waals surface area contributed by atoms with Gasteiger partial charge < -0.3 is 9.64 Å². The van der Waals surface area contributed by atoms with Gasteiger partial charge in [0.1, 0.15) is 11.3 Å². The van der Waals surface area contributed by atoms with E-state index in [0.29, 0.717) is 19.6 Å². The summed E-state index contributed by atoms with van der Waals surface area (Å²) in [6.07, 6.45) is -1.67. The second-order valence-electron chi connectivity index (χ2n) is 9.80. The number of anilines is 1. The van der Waals surface area contributed by atoms with Crippen molar-refractivity contribution < 1.29 is 22.7 Å². The molecule has 2 saturated heterocycles. The number of benzene rings is 2. The quantitative estimate of drug-likeness (QED) is 0.339. The van der Waals surface area contributed by atoms with Crippen molar-refractivity contribution in [3.05, 3.63) is 59.2 Å². The van der Waals surface area contributed by atoms with Gasteiger partial charge >= 0.3 is 6.18 Å². The van der Waals surface area contributed by atoms with E-state index in [4.69, 9.17) is 22.2 Å². The largest absolute Gasteiger partial charge is 0.494 e. The Morgan fingerprint density at radius 1 is 1.11 bits per heavy atom. The summed E-state index contributed by atoms with van der Waals surface area (Å²) in [6, 6.07) is 12.8. The van der Waals surface area contributed by atoms with E-state index in [0.717, 1.165) is 42.4 Å². The fourth-order valence-corrected chi connectivity index (χ4v) is 5.25. The molecule has 0 atom stereocenters. The normalized spacial score (nSPS) is 17.9. The van der Waals surface area contributed by atoms with E-state index in [2.05, 4.69) is 17.0 Å². The molecule has 196 valence electrons. The van der Waals surface area contributed by atoms with E-state index in [9.17, 15) is 18.0 Å². The first-order valence-corrected chi connectivity index (χ1v) is 12.6. The number of halogens is 3. The average molecular weight is 531 g/mol. The number of hydrogen-bond donors (Lipinski definition) is 0. The van der Waals surface area contributed by atoms with E-state index >= 15 is 0 Å². The molecule has 2 aliphatic rings. The first kappa shape index (κ1) is 26.9. The molecule has 0 N–H and O–H groups in total. The Bertz CT molecular complexity index is 1200. The van der Waals surface area contributed by atoms with Gasteiger partial charge in [-0.2, -0.15) is 18.4 Å². The van der Waals surface area contributed by atoms with Crippen LogP contribution in [0.2, 0.25) is 0 Å². The highest BCUT2D eigenvalue weighted by Gasteiger charge is 2.49. The summed E-state index contributed by atoms with van der Waals surface area (Å²) in [6.45, 7) is 7.39. The lowest BCUT2D eigenvalue weighted by molar-refractivity contribution is -0.137. The van der Waals surface area contributed by atoms with E-state index < -0.39 is 28.7 Å². The lowest BCUT2D eigenvalue weighted by Gasteiger charge is -2.29. The topological polar surface area (TPSA) is 59.8 Å². The number of ether oxygens (including phenoxy) is 1. The van der Waals surface area contributed by atoms with Crippen molar-refractivity contribution in [3.8, 4) is 11.8 Å². The SMILES string of the molecule is CC1(C)C(=O)N(c2ccc(C#N)c(C(F)(F)F)c2)C(=S)N1CCCOc1ccc(CN2CCCC2)cc1. The van der Waals surface area contributed by atoms with Crippen LogP contribution in [0.25, 0.3) is 0 Å². The molecule has 0 aromatic heterocycles. The Kier molecular flexibility index (Phi) is 7.76. The van der Waals surface area contributed by atoms with Crippen molar-refractivity contribution in [1.82, 2.24) is 9.80 Å². The van der Waals surface area contributed by atoms with Crippen molar-refractivity contribution in [1.29, 1.82) is 5.26 Å². The number of hydrogen-bond acceptors (Lipinski definition) is 5. The number of rotatable bonds is 8. The number of amides is 1. The molecule has 2 heterocycles. The number of carbonyl (C=O) groups excluding carboxylic acids is 1. The van der Waals surface area contributed by atoms with Gasteiger partial charge in [-0.25, -0.2) is 0 Å². The Labute approximate surface area is 220 Å². The molecule has 0 unspecified atom stereocenters. The van der Waals surface area contributed by atoms with Crippen LogP contribution in [0.15, 0.2) is 42.5 Å². The van der Waals surface area contributed by atoms with Crippen LogP contribution in [0, 0.1) is 11.3 Å². The van der Waals surface area contributed by atoms with Gasteiger partial charge in [0.2, 0.25) is 0 Å². The van der Waals surface area contributed by atoms with E-state index in [1.807, 2.05) is 12.1 Å². The first-order chi connectivity index (χ1) is 17.5. The van der Waals surface area contributed by atoms with Gasteiger partial charge in [0.15, 0.2) is 5.11 Å². The zero-order valence-electron chi connectivity index (χ0n) is 20.8. The van der Waals surface area contributed by atoms with Gasteiger partial charge in [0.05, 0.1) is 29.5 Å². The Morgan fingerprint density at radius 3 is 2.41 bits per heavy atom. The molecule has 2 aromatic rings. The number of thiocarbonyl (C=S) groups is 1. The molecule has 4 rings (SSSR count). The average Bonchev–Trinajstić information content (AvgIpc) is 3.42. The molecule has 0 spiro atoms. The predicted molar refractivity (Wildman–Crippen MR) is 138 cm³/mol. The fraction of sp³-hybridized carbons (Fsp3) is 0.444. The smallest absolute Gasteiger partial charge is 0.417 e. The van der Waals surface area contributed by atoms with Crippen molar-refractivity contribution in [2.75, 3.05) is 31.1 Å². The van der Waals surface area contributed by atoms with E-state index in [1.54, 1.807) is 24.8 Å². The van der Waals surface area contributed by atoms with Crippen LogP contribution < -0.4 is 9.64 Å². The molecule has 1 amide bonds. The monoisotopic (exact) mass is 530 g/mol. The number of carbonyl (C=O) groups is 1. The van der Waals surface area contributed by atoms with Gasteiger partial charge in [-0.05, 0) is 94.3 Å². The summed E-state index contributed by atoms with van der Waals surface area (Å²) >= 11 is 5.52. The minimum atomic E-state index is -4.73. The molecular weight excluding hydrogens is 501 g/mol. The van der Waals surface area contributed by atoms with E-state index in [1.165, 1.54) is 24.5 Å². The molecule has 6 nitrogen and oxygen atoms in total. The summed E-state index contributed by atoms with van der Waals surface area (Å²) in [4.78, 5) is 18.4. The summed E-state index contributed by atoms with van der Waals surface area (Å²) in [7, 11) is 0. The molecule has 0 saturated carbocycles. The molecular formula is C27H29F3N4O2S. The van der Waals surface area contributed by atoms with Gasteiger partial charge in [0.25, 0.3) is 5.91 Å². The molecule has 37 heavy (non-hydrogen) atoms. The first-order valence-electron chi connectivity index (χ1n) is 12.2. The van der Waals surface area contributed by atoms with Crippen LogP contribution in [0.3, 0.4) is 0 Å². The summed E-state index contributed by atoms with van der Waals surface area (Å²) in [5, 5.41) is 9.19. The Morgan fingerprint density at radius 2 is 1.78 bits per heavy atom. The second-order valence-corrected chi connectivity index (χ2v) is 10.2. The highest BCUT2D eigenvalue weighted by Crippen LogP contribution is 2.37. The summed E-state index contributed by atoms with van der Waals surface area (Å²) < 4.78 is 46.3. The van der Waals surface area contributed by atoms with Crippen LogP contribution in [0.4, 0.5) is 18.9 Å². The highest BCUT2D eigenvalue weighted by atomic mass is 32.1. The fourth-order valence-electron chi connectivity index (χ4n) is 4.74. The van der Waals surface area contributed by atoms with Gasteiger partial charge in [-0.15, -0.1) is 0 Å². The van der Waals surface area contributed by atoms with Crippen LogP contribution in [0.5, 0.6) is 5.75 Å². The van der Waals surface area contributed by atoms with Gasteiger partial charge in [-0.3, -0.25) is 14.6 Å². The second kappa shape index (κ2) is 10.7. The van der Waals surface area contributed by atoms with Crippen molar-refractivity contribution in [3.63, 3.8) is 0 Å². The summed E-state index contributed by atoms with van der Waals surface area (Å²) in [5.41, 5.74) is -1.42. The third-order valence-corrected chi connectivity index (χ3v) is 7.24. The maximum atomic E-state index is 13.5. The van der Waals surface area contributed by atoms with Crippen molar-refractivity contribution >= 4 is 28.9 Å². The molecule has 0 bridgehead atoms. The van der Waals surface area contributed by atoms with Crippen LogP contribution in [0.1, 0.15) is 49.8 Å². The van der Waals surface area contributed by atoms with Crippen molar-refractivity contribution in [2.24, 2.45) is 0 Å². The molecule has 10 heteroatoms. The van der Waals surface area contributed by atoms with Crippen LogP contribution >= 0.6 is 12.2 Å². The lowest BCUT2D eigenvalue weighted by atomic mass is 10.0. The maximum Gasteiger partial charge on any atom is 0.417 e. The number of nitrogens with zero attached hydrogens (tertiary/aromatic N) is 4. The third kappa shape index (κ3) is 5.73. The zero-order valence-corrected chi connectivity index (χ0v) is 21.7. The van der Waals surface area contributed by atoms with Crippen LogP contribution in [-0.2, 0) is 17.5 Å². The number of likely N-dealkylation sites (tertiary alicyclic amines) is 1. The molecule has 0 radical (unpaired) electrons. The molecule has 2 aromatic carbocycles. The molecule has 0 aliphatic carbocycles. The van der Waals surface area contributed by atoms with Crippen LogP contribution in [-0.4, -0.2) is 52.6 Å². The Hall–Kier alpha value is -3.16. The predicted octanol–water partition coefficient (Wildman–Crippen LogP) is 5.35. The maximum absolute atomic E-state index is 13.5. The third-order valence-electron chi connectivity index (χ3n) is 6.83. The molecule has 2 fully saturated rings. The number of alkyl halides is 3. The van der Waals surface area contributed by atoms with Gasteiger partial charge in [0, 0.05) is 13.1 Å². The minimum absolute atomic E-state index is 0.0119. The minimum Gasteiger partial charge on any atom is -0.494 e. The zero-order chi connectivity index (χ0) is 26.8. The summed E-state index contributed by atoms with van der Waals surface area (Å²) in [5.74, 6) is 0.327.